The molecule has 2 aromatic heterocycles. The van der Waals surface area contributed by atoms with Crippen molar-refractivity contribution in [2.24, 2.45) is 11.1 Å². The molecule has 1 amide bonds. The number of amides is 1. The van der Waals surface area contributed by atoms with Gasteiger partial charge < -0.3 is 11.1 Å². The highest BCUT2D eigenvalue weighted by Crippen LogP contribution is 2.38. The molecule has 0 unspecified atom stereocenters. The van der Waals surface area contributed by atoms with E-state index in [2.05, 4.69) is 20.4 Å². The lowest BCUT2D eigenvalue weighted by atomic mass is 9.71. The van der Waals surface area contributed by atoms with Gasteiger partial charge in [-0.3, -0.25) is 4.79 Å². The molecule has 130 valence electrons. The normalized spacial score (nSPS) is 16.2. The quantitative estimate of drug-likeness (QED) is 0.862. The maximum absolute atomic E-state index is 12.4. The highest BCUT2D eigenvalue weighted by Gasteiger charge is 2.33. The first-order chi connectivity index (χ1) is 11.2. The van der Waals surface area contributed by atoms with Crippen LogP contribution >= 0.6 is 12.4 Å². The Balaban J connectivity index is 0.00000208. The highest BCUT2D eigenvalue weighted by molar-refractivity contribution is 5.90. The van der Waals surface area contributed by atoms with E-state index in [0.717, 1.165) is 25.7 Å². The second-order valence-corrected chi connectivity index (χ2v) is 6.21. The number of hydrogen-bond donors (Lipinski definition) is 2. The number of carbonyl (C=O) groups excluding carboxylic acids is 1. The summed E-state index contributed by atoms with van der Waals surface area (Å²) in [5, 5.41) is 7.08. The van der Waals surface area contributed by atoms with Gasteiger partial charge in [-0.2, -0.15) is 5.10 Å². The molecular weight excluding hydrogens is 328 g/mol. The molecule has 0 bridgehead atoms. The zero-order chi connectivity index (χ0) is 16.1. The summed E-state index contributed by atoms with van der Waals surface area (Å²) < 4.78 is 1.54. The van der Waals surface area contributed by atoms with E-state index in [1.807, 2.05) is 0 Å². The third-order valence-corrected chi connectivity index (χ3v) is 4.51. The summed E-state index contributed by atoms with van der Waals surface area (Å²) in [5.74, 6) is 0.463. The molecule has 24 heavy (non-hydrogen) atoms. The SMILES string of the molecule is Cl.NCC1(CC(=O)Nc2cnn(-c3ncccn3)c2)CCCCC1. The molecule has 2 aromatic rings. The summed E-state index contributed by atoms with van der Waals surface area (Å²) >= 11 is 0. The van der Waals surface area contributed by atoms with Crippen LogP contribution in [0.3, 0.4) is 0 Å². The average molecular weight is 351 g/mol. The Morgan fingerprint density at radius 2 is 1.96 bits per heavy atom. The number of anilines is 1. The van der Waals surface area contributed by atoms with Gasteiger partial charge in [0.2, 0.25) is 11.9 Å². The van der Waals surface area contributed by atoms with Crippen LogP contribution in [0.4, 0.5) is 5.69 Å². The Morgan fingerprint density at radius 3 is 2.62 bits per heavy atom. The van der Waals surface area contributed by atoms with Crippen molar-refractivity contribution in [2.75, 3.05) is 11.9 Å². The van der Waals surface area contributed by atoms with E-state index in [1.165, 1.54) is 11.1 Å². The molecule has 1 aliphatic rings. The fraction of sp³-hybridized carbons (Fsp3) is 0.500. The minimum Gasteiger partial charge on any atom is -0.330 e. The van der Waals surface area contributed by atoms with Crippen LogP contribution in [0, 0.1) is 5.41 Å². The summed E-state index contributed by atoms with van der Waals surface area (Å²) in [5.41, 5.74) is 6.55. The van der Waals surface area contributed by atoms with Crippen molar-refractivity contribution < 1.29 is 4.79 Å². The summed E-state index contributed by atoms with van der Waals surface area (Å²) in [7, 11) is 0. The van der Waals surface area contributed by atoms with Gasteiger partial charge in [0.15, 0.2) is 0 Å². The maximum atomic E-state index is 12.4. The van der Waals surface area contributed by atoms with Crippen molar-refractivity contribution in [1.82, 2.24) is 19.7 Å². The molecule has 8 heteroatoms. The zero-order valence-corrected chi connectivity index (χ0v) is 14.3. The van der Waals surface area contributed by atoms with Crippen molar-refractivity contribution >= 4 is 24.0 Å². The van der Waals surface area contributed by atoms with E-state index in [-0.39, 0.29) is 23.7 Å². The highest BCUT2D eigenvalue weighted by atomic mass is 35.5. The number of rotatable bonds is 5. The van der Waals surface area contributed by atoms with E-state index in [0.29, 0.717) is 24.6 Å². The van der Waals surface area contributed by atoms with Crippen molar-refractivity contribution in [1.29, 1.82) is 0 Å². The standard InChI is InChI=1S/C16H22N6O.ClH/c17-12-16(5-2-1-3-6-16)9-14(23)21-13-10-20-22(11-13)15-18-7-4-8-19-15;/h4,7-8,10-11H,1-3,5-6,9,12,17H2,(H,21,23);1H. The van der Waals surface area contributed by atoms with Crippen molar-refractivity contribution in [2.45, 2.75) is 38.5 Å². The molecule has 1 fully saturated rings. The lowest BCUT2D eigenvalue weighted by Gasteiger charge is -2.35. The van der Waals surface area contributed by atoms with Crippen LogP contribution in [0.5, 0.6) is 0 Å². The molecule has 7 nitrogen and oxygen atoms in total. The third kappa shape index (κ3) is 4.30. The third-order valence-electron chi connectivity index (χ3n) is 4.51. The van der Waals surface area contributed by atoms with E-state index in [4.69, 9.17) is 5.73 Å². The van der Waals surface area contributed by atoms with Crippen LogP contribution < -0.4 is 11.1 Å². The van der Waals surface area contributed by atoms with Gasteiger partial charge in [-0.1, -0.05) is 19.3 Å². The predicted octanol–water partition coefficient (Wildman–Crippen LogP) is 2.32. The first-order valence-electron chi connectivity index (χ1n) is 8.03. The van der Waals surface area contributed by atoms with Gasteiger partial charge in [0, 0.05) is 18.8 Å². The number of hydrogen-bond acceptors (Lipinski definition) is 5. The van der Waals surface area contributed by atoms with Gasteiger partial charge in [-0.25, -0.2) is 14.6 Å². The molecule has 2 heterocycles. The largest absolute Gasteiger partial charge is 0.330 e. The van der Waals surface area contributed by atoms with E-state index >= 15 is 0 Å². The van der Waals surface area contributed by atoms with Crippen molar-refractivity contribution in [3.05, 3.63) is 30.9 Å². The second kappa shape index (κ2) is 8.21. The molecular formula is C16H23ClN6O. The van der Waals surface area contributed by atoms with Crippen molar-refractivity contribution in [3.63, 3.8) is 0 Å². The molecule has 0 aliphatic heterocycles. The molecule has 0 radical (unpaired) electrons. The topological polar surface area (TPSA) is 98.7 Å². The fourth-order valence-electron chi connectivity index (χ4n) is 3.21. The van der Waals surface area contributed by atoms with Gasteiger partial charge in [-0.05, 0) is 30.9 Å². The summed E-state index contributed by atoms with van der Waals surface area (Å²) in [6, 6.07) is 1.74. The summed E-state index contributed by atoms with van der Waals surface area (Å²) in [4.78, 5) is 20.6. The first kappa shape index (κ1) is 18.4. The van der Waals surface area contributed by atoms with E-state index < -0.39 is 0 Å². The smallest absolute Gasteiger partial charge is 0.250 e. The van der Waals surface area contributed by atoms with Crippen molar-refractivity contribution in [3.8, 4) is 5.95 Å². The van der Waals surface area contributed by atoms with Gasteiger partial charge >= 0.3 is 0 Å². The fourth-order valence-corrected chi connectivity index (χ4v) is 3.21. The summed E-state index contributed by atoms with van der Waals surface area (Å²) in [6.07, 6.45) is 12.7. The number of nitrogens with zero attached hydrogens (tertiary/aromatic N) is 4. The molecule has 0 aromatic carbocycles. The average Bonchev–Trinajstić information content (AvgIpc) is 3.05. The lowest BCUT2D eigenvalue weighted by molar-refractivity contribution is -0.118. The Bertz CT molecular complexity index is 654. The maximum Gasteiger partial charge on any atom is 0.250 e. The Morgan fingerprint density at radius 1 is 1.25 bits per heavy atom. The first-order valence-corrected chi connectivity index (χ1v) is 8.03. The van der Waals surface area contributed by atoms with Gasteiger partial charge in [0.05, 0.1) is 18.1 Å². The second-order valence-electron chi connectivity index (χ2n) is 6.21. The minimum absolute atomic E-state index is 0. The number of carbonyl (C=O) groups is 1. The predicted molar refractivity (Wildman–Crippen MR) is 94.2 cm³/mol. The van der Waals surface area contributed by atoms with Crippen LogP contribution in [-0.2, 0) is 4.79 Å². The number of aromatic nitrogens is 4. The molecule has 0 saturated heterocycles. The van der Waals surface area contributed by atoms with Crippen LogP contribution in [0.25, 0.3) is 5.95 Å². The van der Waals surface area contributed by atoms with Gasteiger partial charge in [0.1, 0.15) is 0 Å². The molecule has 1 aliphatic carbocycles. The van der Waals surface area contributed by atoms with Gasteiger partial charge in [0.25, 0.3) is 0 Å². The molecule has 3 rings (SSSR count). The summed E-state index contributed by atoms with van der Waals surface area (Å²) in [6.45, 7) is 0.567. The zero-order valence-electron chi connectivity index (χ0n) is 13.5. The number of nitrogens with two attached hydrogens (primary N) is 1. The van der Waals surface area contributed by atoms with Gasteiger partial charge in [-0.15, -0.1) is 12.4 Å². The van der Waals surface area contributed by atoms with Crippen LogP contribution in [0.1, 0.15) is 38.5 Å². The van der Waals surface area contributed by atoms with Crippen LogP contribution in [0.15, 0.2) is 30.9 Å². The van der Waals surface area contributed by atoms with Crippen LogP contribution in [0.2, 0.25) is 0 Å². The monoisotopic (exact) mass is 350 g/mol. The molecule has 1 saturated carbocycles. The van der Waals surface area contributed by atoms with Crippen LogP contribution in [-0.4, -0.2) is 32.2 Å². The van der Waals surface area contributed by atoms with E-state index in [9.17, 15) is 4.79 Å². The lowest BCUT2D eigenvalue weighted by Crippen LogP contribution is -2.36. The molecule has 0 spiro atoms. The number of nitrogens with one attached hydrogen (secondary N) is 1. The Kier molecular flexibility index (Phi) is 6.28. The van der Waals surface area contributed by atoms with E-state index in [1.54, 1.807) is 30.9 Å². The minimum atomic E-state index is -0.0408. The molecule has 0 atom stereocenters. The molecule has 3 N–H and O–H groups in total. The Hall–Kier alpha value is -1.99. The Labute approximate surface area is 147 Å². The number of halogens is 1.